The molecule has 18 heavy (non-hydrogen) atoms. The summed E-state index contributed by atoms with van der Waals surface area (Å²) in [6.07, 6.45) is 10.2. The Morgan fingerprint density at radius 3 is 2.17 bits per heavy atom. The van der Waals surface area contributed by atoms with E-state index in [-0.39, 0.29) is 18.3 Å². The fraction of sp³-hybridized carbons (Fsp3) is 0.600. The first kappa shape index (κ1) is 15.3. The minimum Gasteiger partial charge on any atom is -0.399 e. The predicted octanol–water partition coefficient (Wildman–Crippen LogP) is 4.09. The molecule has 0 aliphatic carbocycles. The summed E-state index contributed by atoms with van der Waals surface area (Å²) in [6.45, 7) is 14.2. The molecule has 0 aromatic heterocycles. The molecule has 100 valence electrons. The van der Waals surface area contributed by atoms with Crippen LogP contribution in [0.25, 0.3) is 0 Å². The number of allylic oxidation sites excluding steroid dienone is 5. The molecule has 0 bridgehead atoms. The van der Waals surface area contributed by atoms with E-state index in [2.05, 4.69) is 53.3 Å². The zero-order valence-electron chi connectivity index (χ0n) is 12.3. The van der Waals surface area contributed by atoms with Gasteiger partial charge in [0.2, 0.25) is 0 Å². The lowest BCUT2D eigenvalue weighted by Crippen LogP contribution is -2.41. The van der Waals surface area contributed by atoms with Gasteiger partial charge >= 0.3 is 7.12 Å². The number of rotatable bonds is 5. The maximum atomic E-state index is 6.02. The lowest BCUT2D eigenvalue weighted by Gasteiger charge is -2.32. The summed E-state index contributed by atoms with van der Waals surface area (Å²) in [5.74, 6) is 0. The van der Waals surface area contributed by atoms with E-state index >= 15 is 0 Å². The molecule has 0 atom stereocenters. The first-order chi connectivity index (χ1) is 8.34. The van der Waals surface area contributed by atoms with Gasteiger partial charge in [-0.3, -0.25) is 0 Å². The summed E-state index contributed by atoms with van der Waals surface area (Å²) in [7, 11) is -0.305. The van der Waals surface area contributed by atoms with Gasteiger partial charge in [-0.25, -0.2) is 0 Å². The molecule has 1 aliphatic heterocycles. The van der Waals surface area contributed by atoms with Gasteiger partial charge in [0.25, 0.3) is 0 Å². The van der Waals surface area contributed by atoms with E-state index in [0.717, 1.165) is 18.3 Å². The van der Waals surface area contributed by atoms with Crippen molar-refractivity contribution in [1.82, 2.24) is 0 Å². The predicted molar refractivity (Wildman–Crippen MR) is 78.4 cm³/mol. The minimum atomic E-state index is -0.305. The Hall–Kier alpha value is -0.795. The smallest absolute Gasteiger partial charge is 0.399 e. The maximum Gasteiger partial charge on any atom is 0.494 e. The number of hydrogen-bond donors (Lipinski definition) is 0. The van der Waals surface area contributed by atoms with Gasteiger partial charge in [0.15, 0.2) is 0 Å². The van der Waals surface area contributed by atoms with Crippen LogP contribution in [0.5, 0.6) is 0 Å². The average Bonchev–Trinajstić information content (AvgIpc) is 2.47. The molecule has 0 unspecified atom stereocenters. The molecule has 0 aromatic rings. The van der Waals surface area contributed by atoms with Crippen LogP contribution >= 0.6 is 0 Å². The van der Waals surface area contributed by atoms with Gasteiger partial charge in [-0.05, 0) is 39.6 Å². The Kier molecular flexibility index (Phi) is 5.00. The summed E-state index contributed by atoms with van der Waals surface area (Å²) >= 11 is 0. The van der Waals surface area contributed by atoms with E-state index < -0.39 is 0 Å². The highest BCUT2D eigenvalue weighted by Gasteiger charge is 2.51. The second-order valence-corrected chi connectivity index (χ2v) is 5.68. The molecule has 0 aromatic carbocycles. The van der Waals surface area contributed by atoms with Crippen molar-refractivity contribution in [2.24, 2.45) is 0 Å². The molecule has 3 heteroatoms. The van der Waals surface area contributed by atoms with Crippen molar-refractivity contribution in [1.29, 1.82) is 0 Å². The Morgan fingerprint density at radius 1 is 1.17 bits per heavy atom. The monoisotopic (exact) mass is 248 g/mol. The van der Waals surface area contributed by atoms with Gasteiger partial charge in [0, 0.05) is 0 Å². The molecular weight excluding hydrogens is 223 g/mol. The van der Waals surface area contributed by atoms with E-state index in [9.17, 15) is 0 Å². The van der Waals surface area contributed by atoms with Crippen molar-refractivity contribution in [2.75, 3.05) is 0 Å². The molecule has 1 rings (SSSR count). The molecule has 1 saturated heterocycles. The van der Waals surface area contributed by atoms with E-state index in [1.165, 1.54) is 0 Å². The third-order valence-electron chi connectivity index (χ3n) is 3.60. The summed E-state index contributed by atoms with van der Waals surface area (Å²) in [5, 5.41) is 0. The molecule has 0 amide bonds. The fourth-order valence-corrected chi connectivity index (χ4v) is 1.71. The summed E-state index contributed by atoms with van der Waals surface area (Å²) in [4.78, 5) is 0. The normalized spacial score (nSPS) is 22.7. The van der Waals surface area contributed by atoms with Crippen molar-refractivity contribution in [3.63, 3.8) is 0 Å². The van der Waals surface area contributed by atoms with Crippen molar-refractivity contribution in [3.05, 3.63) is 36.4 Å². The Bertz CT molecular complexity index is 338. The zero-order valence-corrected chi connectivity index (χ0v) is 12.3. The standard InChI is InChI=1S/C15H25BO2/c1-7-9-10-12-13(11-8-2)16-17-14(3,4)15(5,6)18-16/h8,10-12H,2,7,9H2,1,3-6H3/b12-10-,13-11+. The summed E-state index contributed by atoms with van der Waals surface area (Å²) in [5.41, 5.74) is 0.435. The largest absolute Gasteiger partial charge is 0.494 e. The first-order valence-corrected chi connectivity index (χ1v) is 6.69. The minimum absolute atomic E-state index is 0.295. The van der Waals surface area contributed by atoms with Crippen LogP contribution in [0.15, 0.2) is 36.4 Å². The molecule has 0 radical (unpaired) electrons. The van der Waals surface area contributed by atoms with E-state index in [4.69, 9.17) is 9.31 Å². The Balaban J connectivity index is 2.85. The van der Waals surface area contributed by atoms with Crippen molar-refractivity contribution < 1.29 is 9.31 Å². The van der Waals surface area contributed by atoms with Crippen LogP contribution in [-0.4, -0.2) is 18.3 Å². The van der Waals surface area contributed by atoms with Crippen LogP contribution in [0.2, 0.25) is 0 Å². The van der Waals surface area contributed by atoms with E-state index in [0.29, 0.717) is 0 Å². The lowest BCUT2D eigenvalue weighted by molar-refractivity contribution is 0.00578. The molecule has 1 aliphatic rings. The van der Waals surface area contributed by atoms with Crippen LogP contribution in [-0.2, 0) is 9.31 Å². The molecule has 0 saturated carbocycles. The third-order valence-corrected chi connectivity index (χ3v) is 3.60. The fourth-order valence-electron chi connectivity index (χ4n) is 1.71. The Labute approximate surface area is 112 Å². The van der Waals surface area contributed by atoms with Crippen molar-refractivity contribution >= 4 is 7.12 Å². The SMILES string of the molecule is C=C/C=C(\C=C/CCC)B1OC(C)(C)C(C)(C)O1. The van der Waals surface area contributed by atoms with Gasteiger partial charge in [-0.1, -0.05) is 44.2 Å². The second kappa shape index (κ2) is 5.90. The second-order valence-electron chi connectivity index (χ2n) is 5.68. The van der Waals surface area contributed by atoms with Gasteiger partial charge < -0.3 is 9.31 Å². The molecule has 2 nitrogen and oxygen atoms in total. The average molecular weight is 248 g/mol. The number of hydrogen-bond acceptors (Lipinski definition) is 2. The summed E-state index contributed by atoms with van der Waals surface area (Å²) < 4.78 is 12.0. The van der Waals surface area contributed by atoms with E-state index in [1.54, 1.807) is 6.08 Å². The van der Waals surface area contributed by atoms with Crippen LogP contribution in [0.1, 0.15) is 47.5 Å². The van der Waals surface area contributed by atoms with E-state index in [1.807, 2.05) is 6.08 Å². The number of unbranched alkanes of at least 4 members (excludes halogenated alkanes) is 1. The zero-order chi connectivity index (χ0) is 13.8. The molecule has 0 spiro atoms. The van der Waals surface area contributed by atoms with Gasteiger partial charge in [0.1, 0.15) is 0 Å². The first-order valence-electron chi connectivity index (χ1n) is 6.69. The molecule has 0 N–H and O–H groups in total. The van der Waals surface area contributed by atoms with Gasteiger partial charge in [0.05, 0.1) is 11.2 Å². The quantitative estimate of drug-likeness (QED) is 0.539. The highest BCUT2D eigenvalue weighted by molar-refractivity contribution is 6.55. The van der Waals surface area contributed by atoms with Crippen molar-refractivity contribution in [2.45, 2.75) is 58.7 Å². The third kappa shape index (κ3) is 3.36. The van der Waals surface area contributed by atoms with Crippen molar-refractivity contribution in [3.8, 4) is 0 Å². The summed E-state index contributed by atoms with van der Waals surface area (Å²) in [6, 6.07) is 0. The molecule has 1 heterocycles. The molecular formula is C15H25BO2. The highest BCUT2D eigenvalue weighted by Crippen LogP contribution is 2.38. The maximum absolute atomic E-state index is 6.02. The Morgan fingerprint density at radius 2 is 1.72 bits per heavy atom. The van der Waals surface area contributed by atoms with Crippen LogP contribution in [0.4, 0.5) is 0 Å². The van der Waals surface area contributed by atoms with Gasteiger partial charge in [-0.2, -0.15) is 0 Å². The van der Waals surface area contributed by atoms with Crippen LogP contribution < -0.4 is 0 Å². The topological polar surface area (TPSA) is 18.5 Å². The van der Waals surface area contributed by atoms with Crippen LogP contribution in [0, 0.1) is 0 Å². The highest BCUT2D eigenvalue weighted by atomic mass is 16.7. The lowest BCUT2D eigenvalue weighted by atomic mass is 9.77. The molecule has 1 fully saturated rings. The van der Waals surface area contributed by atoms with Crippen LogP contribution in [0.3, 0.4) is 0 Å². The van der Waals surface area contributed by atoms with Gasteiger partial charge in [-0.15, -0.1) is 0 Å².